The van der Waals surface area contributed by atoms with E-state index in [0.717, 1.165) is 54.9 Å². The molecule has 0 saturated heterocycles. The van der Waals surface area contributed by atoms with Gasteiger partial charge in [-0.3, -0.25) is 9.78 Å². The number of aromatic nitrogens is 3. The van der Waals surface area contributed by atoms with Crippen LogP contribution in [0.4, 0.5) is 4.39 Å². The molecule has 2 aliphatic carbocycles. The summed E-state index contributed by atoms with van der Waals surface area (Å²) >= 11 is 0. The van der Waals surface area contributed by atoms with Crippen molar-refractivity contribution >= 4 is 5.91 Å². The lowest BCUT2D eigenvalue weighted by Crippen LogP contribution is -2.36. The Labute approximate surface area is 174 Å². The summed E-state index contributed by atoms with van der Waals surface area (Å²) in [5.74, 6) is 0.495. The van der Waals surface area contributed by atoms with Gasteiger partial charge >= 0.3 is 0 Å². The van der Waals surface area contributed by atoms with E-state index in [1.54, 1.807) is 0 Å². The molecule has 1 saturated carbocycles. The molecule has 0 bridgehead atoms. The van der Waals surface area contributed by atoms with Crippen molar-refractivity contribution in [2.45, 2.75) is 50.5 Å². The molecule has 3 aromatic rings. The molecule has 2 aromatic heterocycles. The molecule has 30 heavy (non-hydrogen) atoms. The van der Waals surface area contributed by atoms with E-state index >= 15 is 0 Å². The highest BCUT2D eigenvalue weighted by atomic mass is 19.1. The van der Waals surface area contributed by atoms with Crippen molar-refractivity contribution in [3.05, 3.63) is 88.5 Å². The Morgan fingerprint density at radius 3 is 2.53 bits per heavy atom. The zero-order chi connectivity index (χ0) is 20.7. The molecule has 1 atom stereocenters. The lowest BCUT2D eigenvalue weighted by atomic mass is 9.81. The van der Waals surface area contributed by atoms with Crippen LogP contribution in [0.25, 0.3) is 0 Å². The number of halogens is 1. The zero-order valence-electron chi connectivity index (χ0n) is 16.9. The molecule has 1 unspecified atom stereocenters. The van der Waals surface area contributed by atoms with Gasteiger partial charge in [0.2, 0.25) is 0 Å². The van der Waals surface area contributed by atoms with Crippen LogP contribution in [0.5, 0.6) is 0 Å². The number of benzene rings is 1. The number of aryl methyl sites for hydroxylation is 2. The molecule has 0 spiro atoms. The smallest absolute Gasteiger partial charge is 0.252 e. The molecule has 2 heterocycles. The van der Waals surface area contributed by atoms with Crippen LogP contribution in [0.15, 0.2) is 48.8 Å². The van der Waals surface area contributed by atoms with Crippen LogP contribution in [0.2, 0.25) is 0 Å². The van der Waals surface area contributed by atoms with Crippen molar-refractivity contribution < 1.29 is 9.18 Å². The van der Waals surface area contributed by atoms with E-state index in [9.17, 15) is 9.18 Å². The van der Waals surface area contributed by atoms with E-state index in [-0.39, 0.29) is 17.6 Å². The fourth-order valence-electron chi connectivity index (χ4n) is 4.31. The minimum atomic E-state index is -0.416. The number of nitrogens with zero attached hydrogens (tertiary/aromatic N) is 3. The fraction of sp³-hybridized carbons (Fsp3) is 0.333. The number of hydrogen-bond donors (Lipinski definition) is 1. The zero-order valence-corrected chi connectivity index (χ0v) is 16.9. The van der Waals surface area contributed by atoms with Crippen LogP contribution in [0, 0.1) is 12.7 Å². The highest BCUT2D eigenvalue weighted by Crippen LogP contribution is 2.46. The summed E-state index contributed by atoms with van der Waals surface area (Å²) < 4.78 is 13.1. The number of pyridine rings is 1. The summed E-state index contributed by atoms with van der Waals surface area (Å²) in [6.45, 7) is 1.89. The number of rotatable bonds is 4. The van der Waals surface area contributed by atoms with Gasteiger partial charge in [-0.05, 0) is 80.5 Å². The molecule has 0 radical (unpaired) electrons. The van der Waals surface area contributed by atoms with Gasteiger partial charge in [0.1, 0.15) is 11.6 Å². The number of carbonyl (C=O) groups is 1. The standard InChI is InChI=1S/C24H23FN4O/c1-15-26-13-17(14-27-15)19-3-2-4-21-20(19)9-10-22(28-21)24(11-12-24)29-23(30)16-5-7-18(25)8-6-16/h5-10,13-14,19H,2-4,11-12H2,1H3,(H,29,30). The van der Waals surface area contributed by atoms with Gasteiger partial charge in [-0.2, -0.15) is 0 Å². The molecule has 1 fully saturated rings. The number of nitrogens with one attached hydrogen (secondary N) is 1. The second kappa shape index (κ2) is 7.27. The van der Waals surface area contributed by atoms with Crippen molar-refractivity contribution in [3.63, 3.8) is 0 Å². The maximum atomic E-state index is 13.1. The molecular formula is C24H23FN4O. The topological polar surface area (TPSA) is 67.8 Å². The number of hydrogen-bond acceptors (Lipinski definition) is 4. The van der Waals surface area contributed by atoms with Gasteiger partial charge in [0, 0.05) is 29.6 Å². The van der Waals surface area contributed by atoms with Crippen molar-refractivity contribution in [3.8, 4) is 0 Å². The predicted octanol–water partition coefficient (Wildman–Crippen LogP) is 4.21. The summed E-state index contributed by atoms with van der Waals surface area (Å²) in [7, 11) is 0. The Morgan fingerprint density at radius 1 is 1.10 bits per heavy atom. The second-order valence-corrected chi connectivity index (χ2v) is 8.28. The summed E-state index contributed by atoms with van der Waals surface area (Å²) in [6, 6.07) is 9.83. The molecule has 1 aromatic carbocycles. The second-order valence-electron chi connectivity index (χ2n) is 8.28. The van der Waals surface area contributed by atoms with Crippen LogP contribution >= 0.6 is 0 Å². The first-order valence-electron chi connectivity index (χ1n) is 10.4. The van der Waals surface area contributed by atoms with Gasteiger partial charge in [-0.1, -0.05) is 6.07 Å². The molecule has 5 nitrogen and oxygen atoms in total. The Bertz CT molecular complexity index is 1090. The van der Waals surface area contributed by atoms with Gasteiger partial charge in [0.25, 0.3) is 5.91 Å². The lowest BCUT2D eigenvalue weighted by Gasteiger charge is -2.26. The maximum absolute atomic E-state index is 13.1. The molecule has 1 amide bonds. The highest BCUT2D eigenvalue weighted by Gasteiger charge is 2.47. The first-order valence-corrected chi connectivity index (χ1v) is 10.4. The van der Waals surface area contributed by atoms with Gasteiger partial charge < -0.3 is 5.32 Å². The third kappa shape index (κ3) is 3.47. The molecular weight excluding hydrogens is 379 g/mol. The Morgan fingerprint density at radius 2 is 1.83 bits per heavy atom. The normalized spacial score (nSPS) is 19.1. The third-order valence-corrected chi connectivity index (χ3v) is 6.19. The minimum absolute atomic E-state index is 0.193. The number of amides is 1. The number of fused-ring (bicyclic) bond motifs is 1. The van der Waals surface area contributed by atoms with E-state index in [1.165, 1.54) is 29.8 Å². The van der Waals surface area contributed by atoms with Crippen molar-refractivity contribution in [1.29, 1.82) is 0 Å². The minimum Gasteiger partial charge on any atom is -0.341 e. The SMILES string of the molecule is Cc1ncc(C2CCCc3nc(C4(NC(=O)c5ccc(F)cc5)CC4)ccc32)cn1. The van der Waals surface area contributed by atoms with E-state index in [0.29, 0.717) is 5.56 Å². The largest absolute Gasteiger partial charge is 0.341 e. The van der Waals surface area contributed by atoms with E-state index in [4.69, 9.17) is 4.98 Å². The van der Waals surface area contributed by atoms with Crippen molar-refractivity contribution in [2.75, 3.05) is 0 Å². The average molecular weight is 402 g/mol. The lowest BCUT2D eigenvalue weighted by molar-refractivity contribution is 0.0929. The molecule has 6 heteroatoms. The summed E-state index contributed by atoms with van der Waals surface area (Å²) in [6.07, 6.45) is 8.63. The van der Waals surface area contributed by atoms with Crippen LogP contribution in [-0.2, 0) is 12.0 Å². The summed E-state index contributed by atoms with van der Waals surface area (Å²) in [4.78, 5) is 26.4. The Hall–Kier alpha value is -3.15. The van der Waals surface area contributed by atoms with E-state index in [1.807, 2.05) is 25.4 Å². The summed E-state index contributed by atoms with van der Waals surface area (Å²) in [5, 5.41) is 3.13. The van der Waals surface area contributed by atoms with Crippen LogP contribution < -0.4 is 5.32 Å². The van der Waals surface area contributed by atoms with Crippen molar-refractivity contribution in [2.24, 2.45) is 0 Å². The number of carbonyl (C=O) groups excluding carboxylic acids is 1. The summed E-state index contributed by atoms with van der Waals surface area (Å²) in [5.41, 5.74) is 4.42. The highest BCUT2D eigenvalue weighted by molar-refractivity contribution is 5.95. The Kier molecular flexibility index (Phi) is 4.57. The van der Waals surface area contributed by atoms with E-state index < -0.39 is 5.54 Å². The third-order valence-electron chi connectivity index (χ3n) is 6.19. The molecule has 0 aliphatic heterocycles. The first-order chi connectivity index (χ1) is 14.5. The average Bonchev–Trinajstić information content (AvgIpc) is 3.54. The fourth-order valence-corrected chi connectivity index (χ4v) is 4.31. The first kappa shape index (κ1) is 18.9. The van der Waals surface area contributed by atoms with E-state index in [2.05, 4.69) is 21.4 Å². The van der Waals surface area contributed by atoms with Crippen molar-refractivity contribution in [1.82, 2.24) is 20.3 Å². The van der Waals surface area contributed by atoms with Gasteiger partial charge in [0.05, 0.1) is 11.2 Å². The van der Waals surface area contributed by atoms with Crippen LogP contribution in [0.3, 0.4) is 0 Å². The quantitative estimate of drug-likeness (QED) is 0.710. The maximum Gasteiger partial charge on any atom is 0.252 e. The predicted molar refractivity (Wildman–Crippen MR) is 111 cm³/mol. The molecule has 1 N–H and O–H groups in total. The van der Waals surface area contributed by atoms with Crippen LogP contribution in [0.1, 0.15) is 70.3 Å². The Balaban J connectivity index is 1.40. The van der Waals surface area contributed by atoms with Gasteiger partial charge in [0.15, 0.2) is 0 Å². The monoisotopic (exact) mass is 402 g/mol. The van der Waals surface area contributed by atoms with Crippen LogP contribution in [-0.4, -0.2) is 20.9 Å². The van der Waals surface area contributed by atoms with Gasteiger partial charge in [-0.15, -0.1) is 0 Å². The molecule has 5 rings (SSSR count). The molecule has 152 valence electrons. The van der Waals surface area contributed by atoms with Gasteiger partial charge in [-0.25, -0.2) is 14.4 Å². The molecule has 2 aliphatic rings.